The second kappa shape index (κ2) is 7.67. The van der Waals surface area contributed by atoms with Gasteiger partial charge in [0.05, 0.1) is 6.10 Å². The summed E-state index contributed by atoms with van der Waals surface area (Å²) in [5.74, 6) is 0.253. The molecule has 1 saturated heterocycles. The Hall–Kier alpha value is -0.610. The van der Waals surface area contributed by atoms with E-state index in [1.807, 2.05) is 18.9 Å². The van der Waals surface area contributed by atoms with Crippen LogP contribution in [0.1, 0.15) is 33.1 Å². The third-order valence-corrected chi connectivity index (χ3v) is 3.25. The molecule has 2 unspecified atom stereocenters. The number of carbonyl (C=O) groups is 1. The molecule has 0 radical (unpaired) electrons. The number of carbonyl (C=O) groups excluding carboxylic acids is 1. The molecule has 1 rings (SSSR count). The molecule has 0 aromatic rings. The summed E-state index contributed by atoms with van der Waals surface area (Å²) in [4.78, 5) is 13.9. The second-order valence-corrected chi connectivity index (χ2v) is 4.92. The highest BCUT2D eigenvalue weighted by Crippen LogP contribution is 2.14. The predicted octanol–water partition coefficient (Wildman–Crippen LogP) is 1.26. The van der Waals surface area contributed by atoms with Crippen LogP contribution in [0.2, 0.25) is 0 Å². The van der Waals surface area contributed by atoms with Crippen LogP contribution < -0.4 is 5.32 Å². The van der Waals surface area contributed by atoms with E-state index in [9.17, 15) is 4.79 Å². The van der Waals surface area contributed by atoms with Crippen molar-refractivity contribution in [1.82, 2.24) is 10.2 Å². The molecule has 0 aliphatic carbocycles. The molecule has 1 aliphatic heterocycles. The average molecular weight is 242 g/mol. The van der Waals surface area contributed by atoms with Gasteiger partial charge in [-0.15, -0.1) is 0 Å². The van der Waals surface area contributed by atoms with Crippen molar-refractivity contribution in [1.29, 1.82) is 0 Å². The molecule has 1 heterocycles. The van der Waals surface area contributed by atoms with E-state index in [4.69, 9.17) is 4.74 Å². The molecule has 0 bridgehead atoms. The number of rotatable bonds is 6. The Morgan fingerprint density at radius 3 is 2.88 bits per heavy atom. The molecular formula is C13H26N2O2. The lowest BCUT2D eigenvalue weighted by Crippen LogP contribution is -2.41. The maximum absolute atomic E-state index is 12.1. The number of nitrogens with one attached hydrogen (secondary N) is 1. The summed E-state index contributed by atoms with van der Waals surface area (Å²) < 4.78 is 5.65. The van der Waals surface area contributed by atoms with Crippen LogP contribution in [-0.4, -0.2) is 50.2 Å². The van der Waals surface area contributed by atoms with Crippen LogP contribution in [0.15, 0.2) is 0 Å². The summed E-state index contributed by atoms with van der Waals surface area (Å²) in [5.41, 5.74) is 0. The molecule has 1 N–H and O–H groups in total. The van der Waals surface area contributed by atoms with E-state index in [0.29, 0.717) is 0 Å². The van der Waals surface area contributed by atoms with Gasteiger partial charge in [-0.05, 0) is 25.8 Å². The van der Waals surface area contributed by atoms with Crippen LogP contribution in [-0.2, 0) is 9.53 Å². The molecule has 1 aliphatic rings. The highest BCUT2D eigenvalue weighted by atomic mass is 16.5. The average Bonchev–Trinajstić information content (AvgIpc) is 2.36. The van der Waals surface area contributed by atoms with Gasteiger partial charge in [-0.1, -0.05) is 13.8 Å². The molecule has 17 heavy (non-hydrogen) atoms. The maximum Gasteiger partial charge on any atom is 0.226 e. The van der Waals surface area contributed by atoms with Crippen molar-refractivity contribution in [2.24, 2.45) is 5.92 Å². The SMILES string of the molecule is CCNCC(C)C(=O)N(C)CC1CCCCO1. The largest absolute Gasteiger partial charge is 0.376 e. The van der Waals surface area contributed by atoms with Crippen LogP contribution in [0.3, 0.4) is 0 Å². The van der Waals surface area contributed by atoms with Gasteiger partial charge in [0.25, 0.3) is 0 Å². The molecule has 2 atom stereocenters. The number of ether oxygens (including phenoxy) is 1. The summed E-state index contributed by atoms with van der Waals surface area (Å²) in [6.07, 6.45) is 3.70. The fourth-order valence-corrected chi connectivity index (χ4v) is 2.17. The fraction of sp³-hybridized carbons (Fsp3) is 0.923. The number of hydrogen-bond acceptors (Lipinski definition) is 3. The van der Waals surface area contributed by atoms with Crippen LogP contribution in [0, 0.1) is 5.92 Å². The number of amides is 1. The molecule has 4 nitrogen and oxygen atoms in total. The van der Waals surface area contributed by atoms with Gasteiger partial charge in [0.2, 0.25) is 5.91 Å². The minimum absolute atomic E-state index is 0.0449. The Morgan fingerprint density at radius 2 is 2.29 bits per heavy atom. The van der Waals surface area contributed by atoms with Crippen LogP contribution in [0.25, 0.3) is 0 Å². The molecule has 1 fully saturated rings. The molecule has 100 valence electrons. The zero-order valence-corrected chi connectivity index (χ0v) is 11.4. The van der Waals surface area contributed by atoms with Gasteiger partial charge in [-0.2, -0.15) is 0 Å². The van der Waals surface area contributed by atoms with Crippen molar-refractivity contribution < 1.29 is 9.53 Å². The van der Waals surface area contributed by atoms with Gasteiger partial charge >= 0.3 is 0 Å². The van der Waals surface area contributed by atoms with Crippen molar-refractivity contribution in [3.8, 4) is 0 Å². The van der Waals surface area contributed by atoms with Crippen LogP contribution in [0.5, 0.6) is 0 Å². The standard InChI is InChI=1S/C13H26N2O2/c1-4-14-9-11(2)13(16)15(3)10-12-7-5-6-8-17-12/h11-12,14H,4-10H2,1-3H3. The quantitative estimate of drug-likeness (QED) is 0.762. The summed E-state index contributed by atoms with van der Waals surface area (Å²) in [5, 5.41) is 3.21. The molecular weight excluding hydrogens is 216 g/mol. The second-order valence-electron chi connectivity index (χ2n) is 4.92. The van der Waals surface area contributed by atoms with E-state index in [-0.39, 0.29) is 17.9 Å². The first-order chi connectivity index (χ1) is 8.15. The first-order valence-electron chi connectivity index (χ1n) is 6.72. The Bertz CT molecular complexity index is 227. The summed E-state index contributed by atoms with van der Waals surface area (Å²) in [6, 6.07) is 0. The van der Waals surface area contributed by atoms with Gasteiger partial charge in [0.1, 0.15) is 0 Å². The highest BCUT2D eigenvalue weighted by Gasteiger charge is 2.21. The van der Waals surface area contributed by atoms with E-state index < -0.39 is 0 Å². The van der Waals surface area contributed by atoms with Crippen LogP contribution >= 0.6 is 0 Å². The van der Waals surface area contributed by atoms with Gasteiger partial charge in [-0.3, -0.25) is 4.79 Å². The zero-order chi connectivity index (χ0) is 12.7. The van der Waals surface area contributed by atoms with Crippen LogP contribution in [0.4, 0.5) is 0 Å². The van der Waals surface area contributed by atoms with Crippen molar-refractivity contribution in [2.75, 3.05) is 33.3 Å². The summed E-state index contributed by atoms with van der Waals surface area (Å²) in [6.45, 7) is 7.27. The lowest BCUT2D eigenvalue weighted by atomic mass is 10.1. The van der Waals surface area contributed by atoms with E-state index in [0.717, 1.165) is 39.1 Å². The smallest absolute Gasteiger partial charge is 0.226 e. The Kier molecular flexibility index (Phi) is 6.52. The zero-order valence-electron chi connectivity index (χ0n) is 11.4. The van der Waals surface area contributed by atoms with Crippen molar-refractivity contribution in [2.45, 2.75) is 39.2 Å². The minimum Gasteiger partial charge on any atom is -0.376 e. The van der Waals surface area contributed by atoms with Gasteiger partial charge in [-0.25, -0.2) is 0 Å². The fourth-order valence-electron chi connectivity index (χ4n) is 2.17. The lowest BCUT2D eigenvalue weighted by Gasteiger charge is -2.29. The highest BCUT2D eigenvalue weighted by molar-refractivity contribution is 5.78. The van der Waals surface area contributed by atoms with E-state index in [2.05, 4.69) is 12.2 Å². The van der Waals surface area contributed by atoms with E-state index >= 15 is 0 Å². The topological polar surface area (TPSA) is 41.6 Å². The molecule has 0 spiro atoms. The molecule has 0 saturated carbocycles. The van der Waals surface area contributed by atoms with E-state index in [1.54, 1.807) is 0 Å². The normalized spacial score (nSPS) is 22.2. The van der Waals surface area contributed by atoms with Gasteiger partial charge in [0, 0.05) is 32.7 Å². The summed E-state index contributed by atoms with van der Waals surface area (Å²) in [7, 11) is 1.88. The summed E-state index contributed by atoms with van der Waals surface area (Å²) >= 11 is 0. The Balaban J connectivity index is 2.29. The first-order valence-corrected chi connectivity index (χ1v) is 6.72. The van der Waals surface area contributed by atoms with Gasteiger partial charge in [0.15, 0.2) is 0 Å². The third-order valence-electron chi connectivity index (χ3n) is 3.25. The Labute approximate surface area is 105 Å². The number of likely N-dealkylation sites (N-methyl/N-ethyl adjacent to an activating group) is 1. The maximum atomic E-state index is 12.1. The molecule has 0 aromatic heterocycles. The number of nitrogens with zero attached hydrogens (tertiary/aromatic N) is 1. The monoisotopic (exact) mass is 242 g/mol. The Morgan fingerprint density at radius 1 is 1.53 bits per heavy atom. The molecule has 1 amide bonds. The minimum atomic E-state index is 0.0449. The molecule has 4 heteroatoms. The first kappa shape index (κ1) is 14.5. The van der Waals surface area contributed by atoms with Crippen molar-refractivity contribution >= 4 is 5.91 Å². The number of hydrogen-bond donors (Lipinski definition) is 1. The van der Waals surface area contributed by atoms with Crippen molar-refractivity contribution in [3.05, 3.63) is 0 Å². The van der Waals surface area contributed by atoms with Crippen molar-refractivity contribution in [3.63, 3.8) is 0 Å². The predicted molar refractivity (Wildman–Crippen MR) is 68.9 cm³/mol. The lowest BCUT2D eigenvalue weighted by molar-refractivity contribution is -0.135. The third kappa shape index (κ3) is 5.04. The molecule has 0 aromatic carbocycles. The van der Waals surface area contributed by atoms with Gasteiger partial charge < -0.3 is 15.0 Å². The van der Waals surface area contributed by atoms with E-state index in [1.165, 1.54) is 6.42 Å².